The summed E-state index contributed by atoms with van der Waals surface area (Å²) in [6.45, 7) is 0. The summed E-state index contributed by atoms with van der Waals surface area (Å²) in [6, 6.07) is 17.2. The molecule has 2 aliphatic rings. The van der Waals surface area contributed by atoms with Gasteiger partial charge in [-0.05, 0) is 30.3 Å². The molecule has 0 unspecified atom stereocenters. The Morgan fingerprint density at radius 1 is 0.963 bits per heavy atom. The van der Waals surface area contributed by atoms with Gasteiger partial charge in [0.25, 0.3) is 5.09 Å². The van der Waals surface area contributed by atoms with Gasteiger partial charge in [-0.15, -0.1) is 10.1 Å². The minimum Gasteiger partial charge on any atom is -0.456 e. The van der Waals surface area contributed by atoms with Crippen molar-refractivity contribution < 1.29 is 19.1 Å². The lowest BCUT2D eigenvalue weighted by molar-refractivity contribution is -0.711. The van der Waals surface area contributed by atoms with Crippen LogP contribution in [0.2, 0.25) is 0 Å². The van der Waals surface area contributed by atoms with Crippen LogP contribution in [0.3, 0.4) is 0 Å². The van der Waals surface area contributed by atoms with Crippen molar-refractivity contribution in [3.8, 4) is 17.1 Å². The second-order valence-corrected chi connectivity index (χ2v) is 5.81. The molecule has 0 saturated carbocycles. The molecule has 132 valence electrons. The maximum absolute atomic E-state index is 13.1. The quantitative estimate of drug-likeness (QED) is 0.238. The lowest BCUT2D eigenvalue weighted by atomic mass is 9.94. The predicted octanol–water partition coefficient (Wildman–Crippen LogP) is 3.70. The summed E-state index contributed by atoms with van der Waals surface area (Å²) in [7, 11) is 0. The molecule has 1 aliphatic heterocycles. The van der Waals surface area contributed by atoms with Crippen LogP contribution in [0.5, 0.6) is 5.75 Å². The largest absolute Gasteiger partial charge is 0.456 e. The second kappa shape index (κ2) is 6.38. The van der Waals surface area contributed by atoms with Gasteiger partial charge in [0.15, 0.2) is 11.2 Å². The van der Waals surface area contributed by atoms with E-state index in [9.17, 15) is 19.7 Å². The van der Waals surface area contributed by atoms with Gasteiger partial charge in [0.1, 0.15) is 17.1 Å². The Kier molecular flexibility index (Phi) is 3.89. The monoisotopic (exact) mass is 361 g/mol. The Bertz CT molecular complexity index is 1230. The van der Waals surface area contributed by atoms with Crippen LogP contribution in [0.1, 0.15) is 15.9 Å². The first-order chi connectivity index (χ1) is 13.0. The highest BCUT2D eigenvalue weighted by molar-refractivity contribution is 6.14. The van der Waals surface area contributed by atoms with Gasteiger partial charge in [-0.25, -0.2) is 0 Å². The highest BCUT2D eigenvalue weighted by Crippen LogP contribution is 2.32. The Morgan fingerprint density at radius 3 is 2.52 bits per heavy atom. The molecule has 0 radical (unpaired) electrons. The summed E-state index contributed by atoms with van der Waals surface area (Å²) < 4.78 is 5.76. The van der Waals surface area contributed by atoms with E-state index < -0.39 is 16.3 Å². The lowest BCUT2D eigenvalue weighted by Gasteiger charge is -2.12. The molecule has 0 amide bonds. The van der Waals surface area contributed by atoms with Gasteiger partial charge >= 0.3 is 0 Å². The zero-order chi connectivity index (χ0) is 19.0. The minimum absolute atomic E-state index is 0.0192. The molecule has 2 aromatic rings. The number of hydrogen-bond donors (Lipinski definition) is 0. The molecular formula is C20H11NO6. The Morgan fingerprint density at radius 2 is 1.70 bits per heavy atom. The molecule has 0 bridgehead atoms. The number of carbonyl (C=O) groups excluding carboxylic acids is 1. The number of para-hydroxylation sites is 2. The first kappa shape index (κ1) is 16.5. The summed E-state index contributed by atoms with van der Waals surface area (Å²) in [5.74, 6) is -0.507. The van der Waals surface area contributed by atoms with E-state index in [1.807, 2.05) is 12.1 Å². The molecule has 2 aromatic carbocycles. The summed E-state index contributed by atoms with van der Waals surface area (Å²) in [5, 5.41) is 10.5. The van der Waals surface area contributed by atoms with Crippen molar-refractivity contribution in [2.24, 2.45) is 0 Å². The third-order valence-electron chi connectivity index (χ3n) is 4.10. The van der Waals surface area contributed by atoms with Crippen molar-refractivity contribution in [2.45, 2.75) is 0 Å². The smallest absolute Gasteiger partial charge is 0.299 e. The zero-order valence-electron chi connectivity index (χ0n) is 13.7. The topological polar surface area (TPSA) is 99.6 Å². The van der Waals surface area contributed by atoms with Crippen molar-refractivity contribution in [1.82, 2.24) is 0 Å². The van der Waals surface area contributed by atoms with E-state index in [1.165, 1.54) is 30.3 Å². The molecule has 0 N–H and O–H groups in total. The van der Waals surface area contributed by atoms with E-state index in [-0.39, 0.29) is 22.6 Å². The fraction of sp³-hybridized carbons (Fsp3) is 0. The number of hydrogen-bond acceptors (Lipinski definition) is 6. The van der Waals surface area contributed by atoms with E-state index in [1.54, 1.807) is 24.3 Å². The summed E-state index contributed by atoms with van der Waals surface area (Å²) in [5.41, 5.74) is 0.679. The van der Waals surface area contributed by atoms with Crippen LogP contribution in [-0.2, 0) is 0 Å². The first-order valence-corrected chi connectivity index (χ1v) is 7.96. The fourth-order valence-electron chi connectivity index (χ4n) is 2.95. The van der Waals surface area contributed by atoms with Crippen molar-refractivity contribution in [3.05, 3.63) is 98.2 Å². The molecule has 4 rings (SSSR count). The molecule has 0 spiro atoms. The number of ketones is 1. The van der Waals surface area contributed by atoms with Crippen LogP contribution in [0, 0.1) is 10.1 Å². The van der Waals surface area contributed by atoms with Gasteiger partial charge < -0.3 is 4.42 Å². The van der Waals surface area contributed by atoms with Crippen molar-refractivity contribution in [2.75, 3.05) is 0 Å². The van der Waals surface area contributed by atoms with E-state index >= 15 is 0 Å². The van der Waals surface area contributed by atoms with Crippen LogP contribution in [0.25, 0.3) is 22.3 Å². The minimum atomic E-state index is -0.989. The lowest BCUT2D eigenvalue weighted by Crippen LogP contribution is -2.13. The summed E-state index contributed by atoms with van der Waals surface area (Å²) in [6.07, 6.45) is 0. The molecular weight excluding hydrogens is 350 g/mol. The Balaban J connectivity index is 1.94. The Hall–Kier alpha value is -4.00. The first-order valence-electron chi connectivity index (χ1n) is 7.96. The highest BCUT2D eigenvalue weighted by atomic mass is 17.0. The third-order valence-corrected chi connectivity index (χ3v) is 4.10. The standard InChI is InChI=1S/C20H11NO6/c22-13-10-16(20(23)14-6-2-4-8-18(14)27-21(24)25)15-9-12-5-1-3-7-17(12)26-19(15)11-13/h1-11H. The van der Waals surface area contributed by atoms with Crippen molar-refractivity contribution in [3.63, 3.8) is 0 Å². The second-order valence-electron chi connectivity index (χ2n) is 5.81. The third kappa shape index (κ3) is 3.02. The van der Waals surface area contributed by atoms with Crippen LogP contribution >= 0.6 is 0 Å². The molecule has 0 saturated heterocycles. The number of carbonyl (C=O) groups is 1. The molecule has 0 fully saturated rings. The number of nitrogens with zero attached hydrogens (tertiary/aromatic N) is 1. The maximum atomic E-state index is 13.1. The van der Waals surface area contributed by atoms with Gasteiger partial charge in [-0.2, -0.15) is 0 Å². The zero-order valence-corrected chi connectivity index (χ0v) is 13.7. The van der Waals surface area contributed by atoms with Crippen LogP contribution in [-0.4, -0.2) is 10.9 Å². The number of rotatable bonds is 4. The molecule has 1 aliphatic carbocycles. The molecule has 0 atom stereocenters. The summed E-state index contributed by atoms with van der Waals surface area (Å²) in [4.78, 5) is 40.4. The van der Waals surface area contributed by atoms with E-state index in [0.717, 1.165) is 5.39 Å². The number of fused-ring (bicyclic) bond motifs is 2. The average Bonchev–Trinajstić information content (AvgIpc) is 2.65. The predicted molar refractivity (Wildman–Crippen MR) is 96.6 cm³/mol. The van der Waals surface area contributed by atoms with Gasteiger partial charge in [0, 0.05) is 22.6 Å². The summed E-state index contributed by atoms with van der Waals surface area (Å²) >= 11 is 0. The molecule has 7 nitrogen and oxygen atoms in total. The van der Waals surface area contributed by atoms with Gasteiger partial charge in [0.2, 0.25) is 0 Å². The van der Waals surface area contributed by atoms with E-state index in [4.69, 9.17) is 4.42 Å². The average molecular weight is 361 g/mol. The normalized spacial score (nSPS) is 10.8. The molecule has 1 heterocycles. The Labute approximate surface area is 151 Å². The van der Waals surface area contributed by atoms with Crippen LogP contribution < -0.4 is 10.3 Å². The van der Waals surface area contributed by atoms with Gasteiger partial charge in [-0.3, -0.25) is 14.4 Å². The van der Waals surface area contributed by atoms with Gasteiger partial charge in [-0.1, -0.05) is 30.3 Å². The van der Waals surface area contributed by atoms with Crippen molar-refractivity contribution >= 4 is 16.8 Å². The van der Waals surface area contributed by atoms with Crippen LogP contribution in [0.15, 0.2) is 75.9 Å². The van der Waals surface area contributed by atoms with E-state index in [2.05, 4.69) is 4.84 Å². The molecule has 27 heavy (non-hydrogen) atoms. The molecule has 0 aromatic heterocycles. The van der Waals surface area contributed by atoms with Gasteiger partial charge in [0.05, 0.1) is 5.56 Å². The maximum Gasteiger partial charge on any atom is 0.299 e. The molecule has 7 heteroatoms. The highest BCUT2D eigenvalue weighted by Gasteiger charge is 2.22. The fourth-order valence-corrected chi connectivity index (χ4v) is 2.95. The van der Waals surface area contributed by atoms with Crippen molar-refractivity contribution in [1.29, 1.82) is 0 Å². The number of benzene rings is 3. The van der Waals surface area contributed by atoms with E-state index in [0.29, 0.717) is 11.1 Å². The van der Waals surface area contributed by atoms with Crippen LogP contribution in [0.4, 0.5) is 0 Å². The SMILES string of the molecule is O=C(c1ccccc1O[N+](=O)[O-])c1cc(=O)cc2oc3ccccc3cc1-2.